The second-order valence-electron chi connectivity index (χ2n) is 9.61. The lowest BCUT2D eigenvalue weighted by molar-refractivity contribution is 0.0527. The van der Waals surface area contributed by atoms with E-state index in [9.17, 15) is 22.5 Å². The monoisotopic (exact) mass is 709 g/mol. The van der Waals surface area contributed by atoms with Crippen molar-refractivity contribution in [2.75, 3.05) is 7.11 Å². The van der Waals surface area contributed by atoms with Gasteiger partial charge >= 0.3 is 19.2 Å². The van der Waals surface area contributed by atoms with E-state index in [4.69, 9.17) is 42.5 Å². The molecule has 0 atom stereocenters. The molecule has 0 unspecified atom stereocenters. The van der Waals surface area contributed by atoms with Gasteiger partial charge in [0, 0.05) is 5.56 Å². The molecular weight excluding hydrogens is 689 g/mol. The number of esters is 1. The van der Waals surface area contributed by atoms with Crippen LogP contribution in [0.5, 0.6) is 11.5 Å². The highest BCUT2D eigenvalue weighted by Crippen LogP contribution is 2.59. The third kappa shape index (κ3) is 7.36. The van der Waals surface area contributed by atoms with E-state index in [1.165, 1.54) is 23.9 Å². The third-order valence-electron chi connectivity index (χ3n) is 6.38. The zero-order valence-electron chi connectivity index (χ0n) is 23.4. The molecule has 46 heavy (non-hydrogen) atoms. The van der Waals surface area contributed by atoms with Gasteiger partial charge in [-0.05, 0) is 66.2 Å². The first-order valence-corrected chi connectivity index (χ1v) is 16.2. The van der Waals surface area contributed by atoms with Gasteiger partial charge in [0.1, 0.15) is 22.3 Å². The Morgan fingerprint density at radius 2 is 1.72 bits per heavy atom. The number of benzene rings is 4. The summed E-state index contributed by atoms with van der Waals surface area (Å²) in [5, 5.41) is 5.64. The van der Waals surface area contributed by atoms with Crippen LogP contribution in [0.4, 0.5) is 18.9 Å². The highest BCUT2D eigenvalue weighted by Gasteiger charge is 2.52. The third-order valence-corrected chi connectivity index (χ3v) is 9.08. The second-order valence-corrected chi connectivity index (χ2v) is 13.0. The fourth-order valence-corrected chi connectivity index (χ4v) is 5.85. The quantitative estimate of drug-likeness (QED) is 0.117. The van der Waals surface area contributed by atoms with Gasteiger partial charge in [-0.3, -0.25) is 4.57 Å². The number of nitrogens with zero attached hydrogens (tertiary/aromatic N) is 3. The molecule has 5 rings (SSSR count). The van der Waals surface area contributed by atoms with E-state index >= 15 is 0 Å². The molecule has 0 saturated heterocycles. The van der Waals surface area contributed by atoms with E-state index in [-0.39, 0.29) is 17.1 Å². The number of rotatable bonds is 9. The topological polar surface area (TPSA) is 123 Å². The van der Waals surface area contributed by atoms with Gasteiger partial charge in [-0.2, -0.15) is 13.9 Å². The largest absolute Gasteiger partial charge is 0.465 e. The molecule has 1 heterocycles. The lowest BCUT2D eigenvalue weighted by Gasteiger charge is -2.18. The Balaban J connectivity index is 1.52. The van der Waals surface area contributed by atoms with Crippen LogP contribution in [0.2, 0.25) is 10.0 Å². The number of alkyl halides is 2. The van der Waals surface area contributed by atoms with E-state index in [1.807, 2.05) is 0 Å². The molecule has 0 fully saturated rings. The highest BCUT2D eigenvalue weighted by atomic mass is 35.5. The molecule has 9 nitrogen and oxygen atoms in total. The van der Waals surface area contributed by atoms with Gasteiger partial charge in [-0.15, -0.1) is 0 Å². The summed E-state index contributed by atoms with van der Waals surface area (Å²) in [5.74, 6) is -1.20. The van der Waals surface area contributed by atoms with E-state index in [0.29, 0.717) is 49.2 Å². The van der Waals surface area contributed by atoms with Crippen molar-refractivity contribution in [3.05, 3.63) is 122 Å². The van der Waals surface area contributed by atoms with Gasteiger partial charge in [-0.25, -0.2) is 18.9 Å². The first-order chi connectivity index (χ1) is 21.7. The average Bonchev–Trinajstić information content (AvgIpc) is 3.40. The molecule has 4 aromatic carbocycles. The van der Waals surface area contributed by atoms with Crippen molar-refractivity contribution in [2.45, 2.75) is 12.2 Å². The van der Waals surface area contributed by atoms with Crippen molar-refractivity contribution in [1.29, 1.82) is 0 Å². The minimum Gasteiger partial charge on any atom is -0.465 e. The number of hydrogen-bond acceptors (Lipinski definition) is 7. The molecule has 0 bridgehead atoms. The maximum absolute atomic E-state index is 14.8. The summed E-state index contributed by atoms with van der Waals surface area (Å²) in [4.78, 5) is 34.9. The van der Waals surface area contributed by atoms with Crippen molar-refractivity contribution < 1.29 is 41.8 Å². The van der Waals surface area contributed by atoms with Crippen LogP contribution in [0.3, 0.4) is 0 Å². The van der Waals surface area contributed by atoms with Crippen LogP contribution in [-0.2, 0) is 21.5 Å². The Kier molecular flexibility index (Phi) is 9.73. The summed E-state index contributed by atoms with van der Waals surface area (Å²) in [6, 6.07) is 20.5. The van der Waals surface area contributed by atoms with Crippen LogP contribution < -0.4 is 9.54 Å². The molecule has 0 aliphatic carbocycles. The Labute approximate surface area is 273 Å². The summed E-state index contributed by atoms with van der Waals surface area (Å²) in [5.41, 5.74) is -4.64. The molecule has 2 N–H and O–H groups in total. The fraction of sp³-hybridized carbons (Fsp3) is 0.100. The number of ether oxygens (including phenoxy) is 2. The molecule has 0 spiro atoms. The van der Waals surface area contributed by atoms with Crippen molar-refractivity contribution in [2.24, 2.45) is 4.99 Å². The van der Waals surface area contributed by atoms with Gasteiger partial charge in [0.05, 0.1) is 40.5 Å². The van der Waals surface area contributed by atoms with E-state index in [1.54, 1.807) is 54.6 Å². The SMILES string of the molecule is COC(=O)c1cccc(Oc2cccc(-c3nn(Cc4ccc(C(F)(F)P(=O)(O)O)c(F)c4)c(=Nc4ccc(Cl)c(Cl)c4)s3)c2)c1. The van der Waals surface area contributed by atoms with Crippen LogP contribution in [0, 0.1) is 5.82 Å². The van der Waals surface area contributed by atoms with Gasteiger partial charge < -0.3 is 19.3 Å². The predicted molar refractivity (Wildman–Crippen MR) is 167 cm³/mol. The van der Waals surface area contributed by atoms with Crippen LogP contribution in [0.25, 0.3) is 10.6 Å². The maximum atomic E-state index is 14.8. The molecule has 1 aromatic heterocycles. The molecule has 16 heteroatoms. The summed E-state index contributed by atoms with van der Waals surface area (Å²) in [7, 11) is -4.70. The standard InChI is InChI=1S/C30H21Cl2F3N3O6PS/c1-43-28(39)19-5-3-7-22(14-19)44-21-6-2-4-18(13-21)27-37-38(29(46-27)36-20-9-11-24(31)25(32)15-20)16-17-8-10-23(26(33)12-17)30(34,35)45(40,41)42/h2-15H,16H2,1H3,(H2,40,41,42). The number of carbonyl (C=O) groups excluding carboxylic acids is 1. The molecule has 238 valence electrons. The molecule has 0 aliphatic heterocycles. The fourth-order valence-electron chi connectivity index (χ4n) is 4.14. The lowest BCUT2D eigenvalue weighted by Crippen LogP contribution is -2.19. The first-order valence-electron chi connectivity index (χ1n) is 13.0. The predicted octanol–water partition coefficient (Wildman–Crippen LogP) is 8.14. The van der Waals surface area contributed by atoms with Crippen molar-refractivity contribution in [1.82, 2.24) is 9.78 Å². The Morgan fingerprint density at radius 3 is 2.39 bits per heavy atom. The van der Waals surface area contributed by atoms with Gasteiger partial charge in [-0.1, -0.05) is 58.8 Å². The van der Waals surface area contributed by atoms with Crippen molar-refractivity contribution in [3.63, 3.8) is 0 Å². The summed E-state index contributed by atoms with van der Waals surface area (Å²) in [6.07, 6.45) is 0. The molecular formula is C30H21Cl2F3N3O6PS. The Hall–Kier alpha value is -3.97. The number of hydrogen-bond donors (Lipinski definition) is 2. The number of carbonyl (C=O) groups is 1. The van der Waals surface area contributed by atoms with Gasteiger partial charge in [0.2, 0.25) is 4.80 Å². The summed E-state index contributed by atoms with van der Waals surface area (Å²) < 4.78 is 66.5. The molecule has 0 aliphatic rings. The maximum Gasteiger partial charge on any atom is 0.399 e. The van der Waals surface area contributed by atoms with E-state index < -0.39 is 30.6 Å². The van der Waals surface area contributed by atoms with Gasteiger partial charge in [0.15, 0.2) is 0 Å². The number of halogens is 5. The summed E-state index contributed by atoms with van der Waals surface area (Å²) in [6.45, 7) is -0.147. The zero-order valence-corrected chi connectivity index (χ0v) is 26.6. The van der Waals surface area contributed by atoms with E-state index in [2.05, 4.69) is 10.1 Å². The molecule has 0 saturated carbocycles. The minimum atomic E-state index is -5.97. The number of aromatic nitrogens is 2. The number of methoxy groups -OCH3 is 1. The van der Waals surface area contributed by atoms with Crippen LogP contribution in [-0.4, -0.2) is 32.6 Å². The average molecular weight is 710 g/mol. The highest BCUT2D eigenvalue weighted by molar-refractivity contribution is 7.52. The van der Waals surface area contributed by atoms with E-state index in [0.717, 1.165) is 23.5 Å². The molecule has 0 amide bonds. The first kappa shape index (κ1) is 33.4. The molecule has 5 aromatic rings. The Morgan fingerprint density at radius 1 is 1.00 bits per heavy atom. The smallest absolute Gasteiger partial charge is 0.399 e. The Bertz CT molecular complexity index is 2070. The van der Waals surface area contributed by atoms with Crippen molar-refractivity contribution in [3.8, 4) is 22.1 Å². The zero-order chi connectivity index (χ0) is 33.2. The van der Waals surface area contributed by atoms with Crippen LogP contribution >= 0.6 is 42.1 Å². The van der Waals surface area contributed by atoms with Crippen LogP contribution in [0.1, 0.15) is 21.5 Å². The van der Waals surface area contributed by atoms with Crippen molar-refractivity contribution >= 4 is 53.8 Å². The lowest BCUT2D eigenvalue weighted by atomic mass is 10.1. The van der Waals surface area contributed by atoms with Crippen LogP contribution in [0.15, 0.2) is 89.9 Å². The molecule has 0 radical (unpaired) electrons. The van der Waals surface area contributed by atoms with Gasteiger partial charge in [0.25, 0.3) is 0 Å². The summed E-state index contributed by atoms with van der Waals surface area (Å²) >= 11 is 13.4. The normalized spacial score (nSPS) is 12.3. The second kappa shape index (κ2) is 13.4. The minimum absolute atomic E-state index is 0.147.